The molecule has 0 saturated heterocycles. The first-order valence-corrected chi connectivity index (χ1v) is 13.2. The summed E-state index contributed by atoms with van der Waals surface area (Å²) in [4.78, 5) is 54.1. The molecular formula is C28H22IN3O7. The Morgan fingerprint density at radius 3 is 2.28 bits per heavy atom. The number of carbonyl (C=O) groups excluding carboxylic acids is 2. The van der Waals surface area contributed by atoms with Crippen molar-refractivity contribution in [3.8, 4) is 22.9 Å². The van der Waals surface area contributed by atoms with Gasteiger partial charge in [0.05, 0.1) is 36.1 Å². The monoisotopic (exact) mass is 639 g/mol. The van der Waals surface area contributed by atoms with Gasteiger partial charge in [-0.15, -0.1) is 0 Å². The molecule has 6 rings (SSSR count). The van der Waals surface area contributed by atoms with Crippen LogP contribution in [0.25, 0.3) is 5.69 Å². The maximum absolute atomic E-state index is 13.8. The SMILES string of the molecule is COc1cc(O)cc(OC)c1C1C2=CCn3c(=O)n(-c4ccccc4)c(=O)n3C2CC2=C1C(=O)C(I)=CC2=O. The van der Waals surface area contributed by atoms with Crippen molar-refractivity contribution in [1.82, 2.24) is 13.9 Å². The predicted octanol–water partition coefficient (Wildman–Crippen LogP) is 2.96. The standard InChI is InChI=1S/C28H22IN3O7/c1-38-21-10-15(33)11-22(39-2)25(21)23-16-8-9-30-27(36)31(14-6-4-3-5-7-14)28(37)32(30)19(16)12-17-20(34)13-18(29)26(35)24(17)23/h3-8,10-11,13,19,23,33H,9,12H2,1-2H3. The number of fused-ring (bicyclic) bond motifs is 3. The molecule has 1 aromatic heterocycles. The number of allylic oxidation sites excluding steroid dienone is 6. The van der Waals surface area contributed by atoms with Crippen molar-refractivity contribution in [2.75, 3.05) is 14.2 Å². The number of hydrogen-bond donors (Lipinski definition) is 1. The van der Waals surface area contributed by atoms with Crippen LogP contribution in [0.3, 0.4) is 0 Å². The third-order valence-electron chi connectivity index (χ3n) is 7.43. The van der Waals surface area contributed by atoms with Crippen LogP contribution in [0.5, 0.6) is 17.2 Å². The van der Waals surface area contributed by atoms with Crippen LogP contribution in [0.15, 0.2) is 84.5 Å². The van der Waals surface area contributed by atoms with Crippen LogP contribution < -0.4 is 20.9 Å². The maximum Gasteiger partial charge on any atom is 0.352 e. The topological polar surface area (TPSA) is 122 Å². The first-order chi connectivity index (χ1) is 18.8. The number of ketones is 2. The van der Waals surface area contributed by atoms with Gasteiger partial charge < -0.3 is 14.6 Å². The number of rotatable bonds is 4. The smallest absolute Gasteiger partial charge is 0.352 e. The highest BCUT2D eigenvalue weighted by molar-refractivity contribution is 14.1. The zero-order valence-electron chi connectivity index (χ0n) is 20.9. The molecule has 0 radical (unpaired) electrons. The number of aromatic hydroxyl groups is 1. The number of hydrogen-bond acceptors (Lipinski definition) is 7. The van der Waals surface area contributed by atoms with E-state index in [9.17, 15) is 24.3 Å². The lowest BCUT2D eigenvalue weighted by atomic mass is 9.68. The minimum Gasteiger partial charge on any atom is -0.508 e. The van der Waals surface area contributed by atoms with Gasteiger partial charge in [0.25, 0.3) is 0 Å². The third-order valence-corrected chi connectivity index (χ3v) is 8.23. The Kier molecular flexibility index (Phi) is 5.97. The lowest BCUT2D eigenvalue weighted by molar-refractivity contribution is -0.115. The van der Waals surface area contributed by atoms with Gasteiger partial charge in [0, 0.05) is 47.3 Å². The second kappa shape index (κ2) is 9.26. The average Bonchev–Trinajstić information content (AvgIpc) is 3.20. The van der Waals surface area contributed by atoms with E-state index in [0.717, 1.165) is 4.57 Å². The van der Waals surface area contributed by atoms with Gasteiger partial charge in [0.15, 0.2) is 11.6 Å². The van der Waals surface area contributed by atoms with Gasteiger partial charge in [-0.1, -0.05) is 24.3 Å². The van der Waals surface area contributed by atoms with E-state index in [1.165, 1.54) is 41.8 Å². The molecule has 1 N–H and O–H groups in total. The molecule has 0 spiro atoms. The molecule has 2 aromatic carbocycles. The number of halogens is 1. The van der Waals surface area contributed by atoms with Crippen molar-refractivity contribution in [1.29, 1.82) is 0 Å². The molecule has 39 heavy (non-hydrogen) atoms. The molecule has 11 heteroatoms. The number of carbonyl (C=O) groups is 2. The van der Waals surface area contributed by atoms with Gasteiger partial charge >= 0.3 is 11.4 Å². The van der Waals surface area contributed by atoms with Crippen molar-refractivity contribution in [2.45, 2.75) is 24.9 Å². The lowest BCUT2D eigenvalue weighted by Gasteiger charge is -2.40. The quantitative estimate of drug-likeness (QED) is 0.265. The van der Waals surface area contributed by atoms with E-state index >= 15 is 0 Å². The number of benzene rings is 2. The average molecular weight is 639 g/mol. The normalized spacial score (nSPS) is 20.1. The summed E-state index contributed by atoms with van der Waals surface area (Å²) in [6, 6.07) is 10.7. The summed E-state index contributed by atoms with van der Waals surface area (Å²) in [5, 5.41) is 10.3. The Morgan fingerprint density at radius 1 is 0.974 bits per heavy atom. The molecule has 2 aliphatic carbocycles. The Morgan fingerprint density at radius 2 is 1.64 bits per heavy atom. The van der Waals surface area contributed by atoms with Crippen molar-refractivity contribution in [2.24, 2.45) is 0 Å². The van der Waals surface area contributed by atoms with Gasteiger partial charge in [0.1, 0.15) is 17.2 Å². The molecule has 10 nitrogen and oxygen atoms in total. The minimum atomic E-state index is -0.824. The summed E-state index contributed by atoms with van der Waals surface area (Å²) in [6.45, 7) is 0.0800. The van der Waals surface area contributed by atoms with Gasteiger partial charge in [-0.05, 0) is 40.3 Å². The van der Waals surface area contributed by atoms with Crippen LogP contribution in [0.2, 0.25) is 0 Å². The van der Waals surface area contributed by atoms with E-state index < -0.39 is 23.3 Å². The summed E-state index contributed by atoms with van der Waals surface area (Å²) < 4.78 is 15.3. The van der Waals surface area contributed by atoms with Crippen LogP contribution >= 0.6 is 22.6 Å². The van der Waals surface area contributed by atoms with Crippen molar-refractivity contribution < 1.29 is 24.2 Å². The first-order valence-electron chi connectivity index (χ1n) is 12.1. The van der Waals surface area contributed by atoms with Crippen LogP contribution in [0.4, 0.5) is 0 Å². The Hall–Kier alpha value is -4.13. The largest absolute Gasteiger partial charge is 0.508 e. The highest BCUT2D eigenvalue weighted by atomic mass is 127. The van der Waals surface area contributed by atoms with Crippen molar-refractivity contribution >= 4 is 34.2 Å². The summed E-state index contributed by atoms with van der Waals surface area (Å²) in [6.07, 6.45) is 3.18. The van der Waals surface area contributed by atoms with E-state index in [2.05, 4.69) is 0 Å². The number of phenolic OH excluding ortho intramolecular Hbond substituents is 1. The molecule has 0 saturated carbocycles. The third kappa shape index (κ3) is 3.67. The molecule has 3 aliphatic rings. The second-order valence-electron chi connectivity index (χ2n) is 9.36. The number of para-hydroxylation sites is 1. The van der Waals surface area contributed by atoms with Crippen LogP contribution in [0.1, 0.15) is 23.9 Å². The summed E-state index contributed by atoms with van der Waals surface area (Å²) in [5.41, 5.74) is 1.04. The van der Waals surface area contributed by atoms with Gasteiger partial charge in [-0.25, -0.2) is 23.5 Å². The summed E-state index contributed by atoms with van der Waals surface area (Å²) in [5.74, 6) is -1.04. The molecule has 2 heterocycles. The second-order valence-corrected chi connectivity index (χ2v) is 10.5. The molecule has 3 aromatic rings. The number of Topliss-reactive ketones (excluding diaryl/α,β-unsaturated/α-hetero) is 1. The molecule has 0 bridgehead atoms. The highest BCUT2D eigenvalue weighted by Gasteiger charge is 2.47. The van der Waals surface area contributed by atoms with Gasteiger partial charge in [0.2, 0.25) is 0 Å². The maximum atomic E-state index is 13.8. The molecule has 0 amide bonds. The lowest BCUT2D eigenvalue weighted by Crippen LogP contribution is -2.40. The van der Waals surface area contributed by atoms with Crippen LogP contribution in [-0.4, -0.2) is 44.8 Å². The molecule has 2 atom stereocenters. The van der Waals surface area contributed by atoms with E-state index in [-0.39, 0.29) is 56.5 Å². The van der Waals surface area contributed by atoms with Crippen molar-refractivity contribution in [3.63, 3.8) is 0 Å². The Bertz CT molecular complexity index is 1760. The molecule has 0 fully saturated rings. The number of methoxy groups -OCH3 is 2. The first kappa shape index (κ1) is 25.2. The molecule has 2 unspecified atom stereocenters. The van der Waals surface area contributed by atoms with Crippen LogP contribution in [0, 0.1) is 0 Å². The number of phenols is 1. The summed E-state index contributed by atoms with van der Waals surface area (Å²) in [7, 11) is 2.87. The Labute approximate surface area is 235 Å². The number of aromatic nitrogens is 3. The molecular weight excluding hydrogens is 617 g/mol. The van der Waals surface area contributed by atoms with Gasteiger partial charge in [-0.3, -0.25) is 9.59 Å². The minimum absolute atomic E-state index is 0.0591. The van der Waals surface area contributed by atoms with E-state index in [1.807, 2.05) is 28.7 Å². The van der Waals surface area contributed by atoms with Crippen LogP contribution in [-0.2, 0) is 16.1 Å². The number of ether oxygens (including phenoxy) is 2. The fourth-order valence-electron chi connectivity index (χ4n) is 5.81. The van der Waals surface area contributed by atoms with E-state index in [4.69, 9.17) is 9.47 Å². The summed E-state index contributed by atoms with van der Waals surface area (Å²) >= 11 is 1.86. The molecule has 198 valence electrons. The fourth-order valence-corrected chi connectivity index (χ4v) is 6.38. The fraction of sp³-hybridized carbons (Fsp3) is 0.214. The molecule has 1 aliphatic heterocycles. The van der Waals surface area contributed by atoms with E-state index in [0.29, 0.717) is 16.8 Å². The zero-order chi connectivity index (χ0) is 27.6. The van der Waals surface area contributed by atoms with E-state index in [1.54, 1.807) is 30.3 Å². The number of nitrogens with zero attached hydrogens (tertiary/aromatic N) is 3. The zero-order valence-corrected chi connectivity index (χ0v) is 23.0. The highest BCUT2D eigenvalue weighted by Crippen LogP contribution is 2.54. The predicted molar refractivity (Wildman–Crippen MR) is 149 cm³/mol. The Balaban J connectivity index is 1.64. The van der Waals surface area contributed by atoms with Crippen molar-refractivity contribution in [3.05, 3.63) is 101 Å². The van der Waals surface area contributed by atoms with Gasteiger partial charge in [-0.2, -0.15) is 0 Å².